The molecule has 1 unspecified atom stereocenters. The zero-order valence-corrected chi connectivity index (χ0v) is 11.9. The Morgan fingerprint density at radius 3 is 2.86 bits per heavy atom. The summed E-state index contributed by atoms with van der Waals surface area (Å²) in [5, 5.41) is 3.44. The van der Waals surface area contributed by atoms with Crippen LogP contribution in [0, 0.1) is 5.82 Å². The minimum Gasteiger partial charge on any atom is -0.454 e. The fourth-order valence-corrected chi connectivity index (χ4v) is 2.43. The molecular formula is C17H18FNO2. The molecule has 0 bridgehead atoms. The van der Waals surface area contributed by atoms with E-state index in [4.69, 9.17) is 9.47 Å². The minimum absolute atomic E-state index is 0.184. The van der Waals surface area contributed by atoms with Crippen molar-refractivity contribution in [1.29, 1.82) is 0 Å². The van der Waals surface area contributed by atoms with Gasteiger partial charge in [0.1, 0.15) is 5.82 Å². The molecule has 2 aromatic carbocycles. The summed E-state index contributed by atoms with van der Waals surface area (Å²) in [7, 11) is 0. The fraction of sp³-hybridized carbons (Fsp3) is 0.294. The van der Waals surface area contributed by atoms with E-state index in [1.165, 1.54) is 6.07 Å². The molecule has 1 N–H and O–H groups in total. The maximum Gasteiger partial charge on any atom is 0.231 e. The molecule has 0 fully saturated rings. The predicted molar refractivity (Wildman–Crippen MR) is 79.1 cm³/mol. The zero-order valence-electron chi connectivity index (χ0n) is 11.9. The van der Waals surface area contributed by atoms with Crippen molar-refractivity contribution in [1.82, 2.24) is 5.32 Å². The molecule has 1 heterocycles. The third kappa shape index (κ3) is 3.34. The van der Waals surface area contributed by atoms with Crippen LogP contribution in [0.4, 0.5) is 4.39 Å². The molecule has 0 aromatic heterocycles. The summed E-state index contributed by atoms with van der Waals surface area (Å²) in [6.07, 6.45) is 0.798. The van der Waals surface area contributed by atoms with E-state index in [0.29, 0.717) is 6.79 Å². The number of hydrogen-bond donors (Lipinski definition) is 1. The Bertz CT molecular complexity index is 630. The summed E-state index contributed by atoms with van der Waals surface area (Å²) in [5.41, 5.74) is 2.15. The third-order valence-corrected chi connectivity index (χ3v) is 3.65. The second-order valence-corrected chi connectivity index (χ2v) is 5.17. The van der Waals surface area contributed by atoms with E-state index in [1.54, 1.807) is 12.1 Å². The van der Waals surface area contributed by atoms with E-state index in [1.807, 2.05) is 24.3 Å². The van der Waals surface area contributed by atoms with Crippen LogP contribution < -0.4 is 14.8 Å². The highest BCUT2D eigenvalue weighted by Gasteiger charge is 2.15. The number of hydrogen-bond acceptors (Lipinski definition) is 3. The average molecular weight is 287 g/mol. The van der Waals surface area contributed by atoms with Crippen molar-refractivity contribution in [2.24, 2.45) is 0 Å². The topological polar surface area (TPSA) is 30.5 Å². The number of fused-ring (bicyclic) bond motifs is 1. The number of nitrogens with one attached hydrogen (secondary N) is 1. The minimum atomic E-state index is -0.184. The van der Waals surface area contributed by atoms with Gasteiger partial charge in [-0.25, -0.2) is 4.39 Å². The van der Waals surface area contributed by atoms with Crippen molar-refractivity contribution in [2.75, 3.05) is 13.3 Å². The number of benzene rings is 2. The lowest BCUT2D eigenvalue weighted by Gasteiger charge is -2.14. The van der Waals surface area contributed by atoms with Crippen LogP contribution in [0.25, 0.3) is 0 Å². The molecule has 0 radical (unpaired) electrons. The van der Waals surface area contributed by atoms with Crippen LogP contribution in [0.5, 0.6) is 11.5 Å². The van der Waals surface area contributed by atoms with Gasteiger partial charge in [0.25, 0.3) is 0 Å². The van der Waals surface area contributed by atoms with Gasteiger partial charge in [0, 0.05) is 6.04 Å². The highest BCUT2D eigenvalue weighted by molar-refractivity contribution is 5.45. The van der Waals surface area contributed by atoms with E-state index in [-0.39, 0.29) is 11.9 Å². The van der Waals surface area contributed by atoms with Crippen molar-refractivity contribution >= 4 is 0 Å². The Balaban J connectivity index is 1.55. The molecule has 3 rings (SSSR count). The summed E-state index contributed by atoms with van der Waals surface area (Å²) >= 11 is 0. The standard InChI is InChI=1S/C17H18FNO2/c1-12(14-5-6-16-17(10-14)21-11-20-16)19-8-7-13-3-2-4-15(18)9-13/h2-6,9-10,12,19H,7-8,11H2,1H3. The highest BCUT2D eigenvalue weighted by atomic mass is 19.1. The molecule has 1 atom stereocenters. The largest absolute Gasteiger partial charge is 0.454 e. The monoisotopic (exact) mass is 287 g/mol. The zero-order chi connectivity index (χ0) is 14.7. The van der Waals surface area contributed by atoms with Crippen LogP contribution in [0.2, 0.25) is 0 Å². The first-order chi connectivity index (χ1) is 10.2. The van der Waals surface area contributed by atoms with E-state index in [9.17, 15) is 4.39 Å². The van der Waals surface area contributed by atoms with E-state index in [2.05, 4.69) is 12.2 Å². The number of ether oxygens (including phenoxy) is 2. The maximum atomic E-state index is 13.1. The van der Waals surface area contributed by atoms with Gasteiger partial charge in [-0.15, -0.1) is 0 Å². The SMILES string of the molecule is CC(NCCc1cccc(F)c1)c1ccc2c(c1)OCO2. The van der Waals surface area contributed by atoms with Crippen molar-refractivity contribution in [3.8, 4) is 11.5 Å². The Morgan fingerprint density at radius 2 is 2.00 bits per heavy atom. The first-order valence-corrected chi connectivity index (χ1v) is 7.10. The van der Waals surface area contributed by atoms with Crippen LogP contribution in [-0.4, -0.2) is 13.3 Å². The van der Waals surface area contributed by atoms with E-state index < -0.39 is 0 Å². The van der Waals surface area contributed by atoms with E-state index >= 15 is 0 Å². The molecule has 0 saturated heterocycles. The lowest BCUT2D eigenvalue weighted by molar-refractivity contribution is 0.174. The summed E-state index contributed by atoms with van der Waals surface area (Å²) in [6, 6.07) is 12.9. The quantitative estimate of drug-likeness (QED) is 0.913. The average Bonchev–Trinajstić information content (AvgIpc) is 2.94. The van der Waals surface area contributed by atoms with Crippen molar-refractivity contribution < 1.29 is 13.9 Å². The molecule has 110 valence electrons. The lowest BCUT2D eigenvalue weighted by Crippen LogP contribution is -2.21. The third-order valence-electron chi connectivity index (χ3n) is 3.65. The summed E-state index contributed by atoms with van der Waals surface area (Å²) in [5.74, 6) is 1.41. The summed E-state index contributed by atoms with van der Waals surface area (Å²) in [6.45, 7) is 3.18. The van der Waals surface area contributed by atoms with Crippen LogP contribution in [0.1, 0.15) is 24.1 Å². The molecule has 21 heavy (non-hydrogen) atoms. The van der Waals surface area contributed by atoms with Gasteiger partial charge in [-0.1, -0.05) is 18.2 Å². The molecule has 0 spiro atoms. The molecular weight excluding hydrogens is 269 g/mol. The van der Waals surface area contributed by atoms with Gasteiger partial charge in [-0.2, -0.15) is 0 Å². The summed E-state index contributed by atoms with van der Waals surface area (Å²) < 4.78 is 23.8. The number of halogens is 1. The van der Waals surface area contributed by atoms with Gasteiger partial charge in [0.2, 0.25) is 6.79 Å². The Hall–Kier alpha value is -2.07. The molecule has 1 aliphatic rings. The van der Waals surface area contributed by atoms with Crippen molar-refractivity contribution in [3.63, 3.8) is 0 Å². The maximum absolute atomic E-state index is 13.1. The molecule has 2 aromatic rings. The molecule has 3 nitrogen and oxygen atoms in total. The first-order valence-electron chi connectivity index (χ1n) is 7.10. The smallest absolute Gasteiger partial charge is 0.231 e. The van der Waals surface area contributed by atoms with Crippen molar-refractivity contribution in [3.05, 3.63) is 59.4 Å². The van der Waals surface area contributed by atoms with Gasteiger partial charge in [0.05, 0.1) is 0 Å². The van der Waals surface area contributed by atoms with Gasteiger partial charge in [0.15, 0.2) is 11.5 Å². The Kier molecular flexibility index (Phi) is 4.06. The second-order valence-electron chi connectivity index (χ2n) is 5.17. The highest BCUT2D eigenvalue weighted by Crippen LogP contribution is 2.34. The van der Waals surface area contributed by atoms with Gasteiger partial charge in [-0.05, 0) is 55.3 Å². The van der Waals surface area contributed by atoms with E-state index in [0.717, 1.165) is 35.6 Å². The lowest BCUT2D eigenvalue weighted by atomic mass is 10.1. The number of rotatable bonds is 5. The van der Waals surface area contributed by atoms with Crippen LogP contribution in [0.15, 0.2) is 42.5 Å². The molecule has 4 heteroatoms. The van der Waals surface area contributed by atoms with Crippen LogP contribution in [0.3, 0.4) is 0 Å². The first kappa shape index (κ1) is 13.9. The molecule has 0 saturated carbocycles. The van der Waals surface area contributed by atoms with Gasteiger partial charge >= 0.3 is 0 Å². The second kappa shape index (κ2) is 6.14. The Morgan fingerprint density at radius 1 is 1.14 bits per heavy atom. The predicted octanol–water partition coefficient (Wildman–Crippen LogP) is 3.45. The normalized spacial score (nSPS) is 14.2. The molecule has 1 aliphatic heterocycles. The van der Waals surface area contributed by atoms with Gasteiger partial charge in [-0.3, -0.25) is 0 Å². The van der Waals surface area contributed by atoms with Crippen LogP contribution in [-0.2, 0) is 6.42 Å². The van der Waals surface area contributed by atoms with Crippen LogP contribution >= 0.6 is 0 Å². The molecule has 0 aliphatic carbocycles. The molecule has 0 amide bonds. The van der Waals surface area contributed by atoms with Crippen molar-refractivity contribution in [2.45, 2.75) is 19.4 Å². The summed E-state index contributed by atoms with van der Waals surface area (Å²) in [4.78, 5) is 0. The fourth-order valence-electron chi connectivity index (χ4n) is 2.43. The Labute approximate surface area is 123 Å². The van der Waals surface area contributed by atoms with Gasteiger partial charge < -0.3 is 14.8 Å².